The Labute approximate surface area is 144 Å². The van der Waals surface area contributed by atoms with E-state index in [1.165, 1.54) is 32.4 Å². The SMILES string of the molecule is COc1ccc([N+](=O)[O-])cc1NC(=O)[C@@H](C)Oc1ccccc1OC. The van der Waals surface area contributed by atoms with Crippen molar-refractivity contribution < 1.29 is 23.9 Å². The van der Waals surface area contributed by atoms with E-state index < -0.39 is 16.9 Å². The predicted molar refractivity (Wildman–Crippen MR) is 91.4 cm³/mol. The molecule has 0 heterocycles. The van der Waals surface area contributed by atoms with E-state index in [0.717, 1.165) is 0 Å². The summed E-state index contributed by atoms with van der Waals surface area (Å²) < 4.78 is 15.9. The number of nitro benzene ring substituents is 1. The van der Waals surface area contributed by atoms with E-state index >= 15 is 0 Å². The maximum atomic E-state index is 12.4. The highest BCUT2D eigenvalue weighted by atomic mass is 16.6. The lowest BCUT2D eigenvalue weighted by molar-refractivity contribution is -0.384. The number of nitro groups is 1. The van der Waals surface area contributed by atoms with Crippen LogP contribution in [0.2, 0.25) is 0 Å². The minimum Gasteiger partial charge on any atom is -0.495 e. The van der Waals surface area contributed by atoms with Crippen molar-refractivity contribution in [3.63, 3.8) is 0 Å². The van der Waals surface area contributed by atoms with Crippen LogP contribution in [0.4, 0.5) is 11.4 Å². The monoisotopic (exact) mass is 346 g/mol. The van der Waals surface area contributed by atoms with Gasteiger partial charge in [0, 0.05) is 12.1 Å². The highest BCUT2D eigenvalue weighted by Gasteiger charge is 2.20. The second kappa shape index (κ2) is 8.00. The zero-order valence-corrected chi connectivity index (χ0v) is 14.0. The van der Waals surface area contributed by atoms with Crippen LogP contribution in [0.5, 0.6) is 17.2 Å². The molecule has 0 aliphatic carbocycles. The standard InChI is InChI=1S/C17H18N2O6/c1-11(25-16-7-5-4-6-15(16)24-3)17(20)18-13-10-12(19(21)22)8-9-14(13)23-2/h4-11H,1-3H3,(H,18,20)/t11-/m1/s1. The van der Waals surface area contributed by atoms with Gasteiger partial charge in [-0.2, -0.15) is 0 Å². The molecule has 8 heteroatoms. The molecule has 0 aliphatic heterocycles. The molecule has 0 spiro atoms. The number of nitrogens with one attached hydrogen (secondary N) is 1. The summed E-state index contributed by atoms with van der Waals surface area (Å²) in [5.74, 6) is 0.738. The van der Waals surface area contributed by atoms with Crippen LogP contribution >= 0.6 is 0 Å². The van der Waals surface area contributed by atoms with Crippen LogP contribution in [-0.4, -0.2) is 31.2 Å². The fraction of sp³-hybridized carbons (Fsp3) is 0.235. The smallest absolute Gasteiger partial charge is 0.271 e. The van der Waals surface area contributed by atoms with Crippen LogP contribution in [0.15, 0.2) is 42.5 Å². The van der Waals surface area contributed by atoms with Gasteiger partial charge in [-0.3, -0.25) is 14.9 Å². The van der Waals surface area contributed by atoms with E-state index in [9.17, 15) is 14.9 Å². The zero-order valence-electron chi connectivity index (χ0n) is 14.0. The Morgan fingerprint density at radius 2 is 1.72 bits per heavy atom. The summed E-state index contributed by atoms with van der Waals surface area (Å²) in [5.41, 5.74) is 0.0339. The first-order valence-corrected chi connectivity index (χ1v) is 7.39. The van der Waals surface area contributed by atoms with Crippen LogP contribution in [0.1, 0.15) is 6.92 Å². The first kappa shape index (κ1) is 18.1. The van der Waals surface area contributed by atoms with Crippen LogP contribution in [0.25, 0.3) is 0 Å². The van der Waals surface area contributed by atoms with Crippen molar-refractivity contribution in [3.8, 4) is 17.2 Å². The number of nitrogens with zero attached hydrogens (tertiary/aromatic N) is 1. The highest BCUT2D eigenvalue weighted by molar-refractivity contribution is 5.95. The fourth-order valence-electron chi connectivity index (χ4n) is 2.10. The topological polar surface area (TPSA) is 99.9 Å². The number of carbonyl (C=O) groups excluding carboxylic acids is 1. The van der Waals surface area contributed by atoms with Gasteiger partial charge >= 0.3 is 0 Å². The Hall–Kier alpha value is -3.29. The van der Waals surface area contributed by atoms with E-state index in [0.29, 0.717) is 17.2 Å². The summed E-state index contributed by atoms with van der Waals surface area (Å²) in [6, 6.07) is 10.9. The molecule has 0 saturated heterocycles. The van der Waals surface area contributed by atoms with E-state index in [-0.39, 0.29) is 11.4 Å². The normalized spacial score (nSPS) is 11.3. The second-order valence-corrected chi connectivity index (χ2v) is 5.04. The average molecular weight is 346 g/mol. The quantitative estimate of drug-likeness (QED) is 0.611. The maximum Gasteiger partial charge on any atom is 0.271 e. The number of non-ortho nitro benzene ring substituents is 1. The summed E-state index contributed by atoms with van der Waals surface area (Å²) in [4.78, 5) is 22.7. The maximum absolute atomic E-state index is 12.4. The summed E-state index contributed by atoms with van der Waals surface area (Å²) in [7, 11) is 2.91. The lowest BCUT2D eigenvalue weighted by Gasteiger charge is -2.17. The van der Waals surface area contributed by atoms with E-state index in [1.807, 2.05) is 0 Å². The molecule has 8 nitrogen and oxygen atoms in total. The average Bonchev–Trinajstić information content (AvgIpc) is 2.61. The van der Waals surface area contributed by atoms with Crippen LogP contribution in [0, 0.1) is 10.1 Å². The highest BCUT2D eigenvalue weighted by Crippen LogP contribution is 2.30. The molecule has 1 N–H and O–H groups in total. The number of hydrogen-bond donors (Lipinski definition) is 1. The van der Waals surface area contributed by atoms with Gasteiger partial charge in [0.1, 0.15) is 5.75 Å². The number of benzene rings is 2. The minimum atomic E-state index is -0.861. The summed E-state index contributed by atoms with van der Waals surface area (Å²) >= 11 is 0. The van der Waals surface area contributed by atoms with Crippen molar-refractivity contribution >= 4 is 17.3 Å². The van der Waals surface area contributed by atoms with Crippen molar-refractivity contribution in [3.05, 3.63) is 52.6 Å². The number of carbonyl (C=O) groups is 1. The van der Waals surface area contributed by atoms with E-state index in [1.54, 1.807) is 31.2 Å². The molecule has 0 bridgehead atoms. The molecule has 0 fully saturated rings. The van der Waals surface area contributed by atoms with Gasteiger partial charge in [0.05, 0.1) is 24.8 Å². The molecule has 1 amide bonds. The molecule has 1 atom stereocenters. The van der Waals surface area contributed by atoms with Crippen molar-refractivity contribution in [1.29, 1.82) is 0 Å². The Morgan fingerprint density at radius 1 is 1.08 bits per heavy atom. The molecule has 0 radical (unpaired) electrons. The summed E-state index contributed by atoms with van der Waals surface area (Å²) in [6.45, 7) is 1.56. The fourth-order valence-corrected chi connectivity index (χ4v) is 2.10. The Bertz CT molecular complexity index is 777. The summed E-state index contributed by atoms with van der Waals surface area (Å²) in [5, 5.41) is 13.5. The van der Waals surface area contributed by atoms with Gasteiger partial charge in [0.2, 0.25) is 0 Å². The van der Waals surface area contributed by atoms with E-state index in [2.05, 4.69) is 5.32 Å². The van der Waals surface area contributed by atoms with Crippen LogP contribution in [-0.2, 0) is 4.79 Å². The molecule has 0 saturated carbocycles. The van der Waals surface area contributed by atoms with Gasteiger partial charge in [0.25, 0.3) is 11.6 Å². The number of amides is 1. The van der Waals surface area contributed by atoms with Crippen molar-refractivity contribution in [2.75, 3.05) is 19.5 Å². The molecule has 2 aromatic carbocycles. The molecule has 25 heavy (non-hydrogen) atoms. The van der Waals surface area contributed by atoms with Crippen molar-refractivity contribution in [2.24, 2.45) is 0 Å². The summed E-state index contributed by atoms with van der Waals surface area (Å²) in [6.07, 6.45) is -0.861. The van der Waals surface area contributed by atoms with E-state index in [4.69, 9.17) is 14.2 Å². The molecule has 2 aromatic rings. The number of methoxy groups -OCH3 is 2. The molecule has 0 aliphatic rings. The lowest BCUT2D eigenvalue weighted by atomic mass is 10.2. The first-order chi connectivity index (χ1) is 12.0. The van der Waals surface area contributed by atoms with Gasteiger partial charge in [0.15, 0.2) is 17.6 Å². The van der Waals surface area contributed by atoms with Gasteiger partial charge < -0.3 is 19.5 Å². The molecular formula is C17H18N2O6. The van der Waals surface area contributed by atoms with Gasteiger partial charge in [-0.1, -0.05) is 12.1 Å². The number of ether oxygens (including phenoxy) is 3. The van der Waals surface area contributed by atoms with Gasteiger partial charge in [-0.25, -0.2) is 0 Å². The predicted octanol–water partition coefficient (Wildman–Crippen LogP) is 3.02. The molecule has 0 unspecified atom stereocenters. The number of para-hydroxylation sites is 2. The second-order valence-electron chi connectivity index (χ2n) is 5.04. The Balaban J connectivity index is 2.15. The Morgan fingerprint density at radius 3 is 2.32 bits per heavy atom. The third-order valence-corrected chi connectivity index (χ3v) is 3.39. The Kier molecular flexibility index (Phi) is 5.78. The minimum absolute atomic E-state index is 0.158. The largest absolute Gasteiger partial charge is 0.495 e. The van der Waals surface area contributed by atoms with Gasteiger partial charge in [-0.05, 0) is 25.1 Å². The zero-order chi connectivity index (χ0) is 18.4. The van der Waals surface area contributed by atoms with Crippen molar-refractivity contribution in [2.45, 2.75) is 13.0 Å². The van der Waals surface area contributed by atoms with Crippen molar-refractivity contribution in [1.82, 2.24) is 0 Å². The number of rotatable bonds is 7. The molecule has 2 rings (SSSR count). The third kappa shape index (κ3) is 4.37. The van der Waals surface area contributed by atoms with Crippen LogP contribution in [0.3, 0.4) is 0 Å². The molecular weight excluding hydrogens is 328 g/mol. The molecule has 0 aromatic heterocycles. The first-order valence-electron chi connectivity index (χ1n) is 7.39. The van der Waals surface area contributed by atoms with Crippen LogP contribution < -0.4 is 19.5 Å². The number of hydrogen-bond acceptors (Lipinski definition) is 6. The lowest BCUT2D eigenvalue weighted by Crippen LogP contribution is -2.30. The van der Waals surface area contributed by atoms with Gasteiger partial charge in [-0.15, -0.1) is 0 Å². The third-order valence-electron chi connectivity index (χ3n) is 3.39. The molecule has 132 valence electrons. The number of anilines is 1.